The Morgan fingerprint density at radius 2 is 2.00 bits per heavy atom. The van der Waals surface area contributed by atoms with Gasteiger partial charge < -0.3 is 4.74 Å². The van der Waals surface area contributed by atoms with E-state index in [2.05, 4.69) is 30.6 Å². The van der Waals surface area contributed by atoms with Crippen LogP contribution in [0.1, 0.15) is 0 Å². The maximum Gasteiger partial charge on any atom is 0.573 e. The van der Waals surface area contributed by atoms with E-state index in [1.165, 1.54) is 18.3 Å². The molecule has 0 aliphatic rings. The molecule has 0 N–H and O–H groups in total. The number of ether oxygens (including phenoxy) is 1. The van der Waals surface area contributed by atoms with Crippen LogP contribution in [-0.2, 0) is 0 Å². The van der Waals surface area contributed by atoms with Gasteiger partial charge in [0, 0.05) is 0 Å². The van der Waals surface area contributed by atoms with Gasteiger partial charge in [0.25, 0.3) is 0 Å². The lowest BCUT2D eigenvalue weighted by Gasteiger charge is -2.10. The molecule has 0 bridgehead atoms. The molecule has 3 nitrogen and oxygen atoms in total. The molecule has 0 saturated carbocycles. The third-order valence-corrected chi connectivity index (χ3v) is 2.11. The lowest BCUT2D eigenvalue weighted by molar-refractivity contribution is -0.274. The smallest absolute Gasteiger partial charge is 0.403 e. The molecule has 1 heterocycles. The van der Waals surface area contributed by atoms with E-state index in [1.54, 1.807) is 6.07 Å². The van der Waals surface area contributed by atoms with Crippen molar-refractivity contribution in [1.29, 1.82) is 0 Å². The van der Waals surface area contributed by atoms with Gasteiger partial charge in [0.1, 0.15) is 10.1 Å². The van der Waals surface area contributed by atoms with Crippen LogP contribution >= 0.6 is 15.9 Å². The highest BCUT2D eigenvalue weighted by atomic mass is 79.9. The molecule has 1 aromatic carbocycles. The number of benzene rings is 1. The van der Waals surface area contributed by atoms with Gasteiger partial charge in [-0.3, -0.25) is 0 Å². The quantitative estimate of drug-likeness (QED) is 0.809. The predicted molar refractivity (Wildman–Crippen MR) is 53.9 cm³/mol. The number of halogens is 4. The first-order valence-corrected chi connectivity index (χ1v) is 4.92. The minimum absolute atomic E-state index is 0.0722. The first-order valence-electron chi connectivity index (χ1n) is 4.13. The largest absolute Gasteiger partial charge is 0.573 e. The van der Waals surface area contributed by atoms with E-state index >= 15 is 0 Å². The molecule has 0 saturated heterocycles. The van der Waals surface area contributed by atoms with Gasteiger partial charge in [0.05, 0.1) is 11.7 Å². The lowest BCUT2D eigenvalue weighted by Crippen LogP contribution is -2.17. The van der Waals surface area contributed by atoms with Crippen LogP contribution in [0.4, 0.5) is 13.2 Å². The van der Waals surface area contributed by atoms with E-state index in [1.807, 2.05) is 0 Å². The van der Waals surface area contributed by atoms with Crippen molar-refractivity contribution in [2.75, 3.05) is 0 Å². The molecular weight excluding hydrogens is 289 g/mol. The number of nitrogens with zero attached hydrogens (tertiary/aromatic N) is 2. The summed E-state index contributed by atoms with van der Waals surface area (Å²) in [6, 6.07) is 4.17. The molecule has 0 radical (unpaired) electrons. The molecule has 16 heavy (non-hydrogen) atoms. The monoisotopic (exact) mass is 292 g/mol. The first-order chi connectivity index (χ1) is 7.46. The molecule has 0 atom stereocenters. The van der Waals surface area contributed by atoms with Gasteiger partial charge in [-0.15, -0.1) is 13.2 Å². The van der Waals surface area contributed by atoms with Crippen molar-refractivity contribution in [1.82, 2.24) is 9.97 Å². The van der Waals surface area contributed by atoms with Crippen LogP contribution in [-0.4, -0.2) is 16.3 Å². The second-order valence-electron chi connectivity index (χ2n) is 2.86. The molecule has 84 valence electrons. The lowest BCUT2D eigenvalue weighted by atomic mass is 10.3. The highest BCUT2D eigenvalue weighted by Gasteiger charge is 2.32. The molecule has 0 fully saturated rings. The van der Waals surface area contributed by atoms with E-state index < -0.39 is 6.36 Å². The highest BCUT2D eigenvalue weighted by molar-refractivity contribution is 9.10. The van der Waals surface area contributed by atoms with E-state index in [0.717, 1.165) is 0 Å². The second kappa shape index (κ2) is 3.89. The fraction of sp³-hybridized carbons (Fsp3) is 0.111. The summed E-state index contributed by atoms with van der Waals surface area (Å²) in [6.45, 7) is 0. The summed E-state index contributed by atoms with van der Waals surface area (Å²) in [6.07, 6.45) is -3.42. The van der Waals surface area contributed by atoms with Gasteiger partial charge in [-0.1, -0.05) is 6.07 Å². The van der Waals surface area contributed by atoms with Crippen LogP contribution in [0.5, 0.6) is 5.75 Å². The van der Waals surface area contributed by atoms with E-state index in [-0.39, 0.29) is 11.3 Å². The standard InChI is InChI=1S/C9H4BrF3N2O/c10-7-4-14-8-5(15-7)2-1-3-6(8)16-9(11,12)13/h1-4H. The SMILES string of the molecule is FC(F)(F)Oc1cccc2nc(Br)cnc12. The van der Waals surface area contributed by atoms with Crippen LogP contribution < -0.4 is 4.74 Å². The van der Waals surface area contributed by atoms with Crippen molar-refractivity contribution in [3.63, 3.8) is 0 Å². The zero-order valence-corrected chi connectivity index (χ0v) is 9.21. The van der Waals surface area contributed by atoms with Crippen LogP contribution in [0.25, 0.3) is 11.0 Å². The van der Waals surface area contributed by atoms with Crippen molar-refractivity contribution >= 4 is 27.0 Å². The maximum atomic E-state index is 12.1. The fourth-order valence-electron chi connectivity index (χ4n) is 1.20. The van der Waals surface area contributed by atoms with E-state index in [0.29, 0.717) is 10.1 Å². The summed E-state index contributed by atoms with van der Waals surface area (Å²) in [5, 5.41) is 0. The Balaban J connectivity index is 2.54. The van der Waals surface area contributed by atoms with Gasteiger partial charge in [0.2, 0.25) is 0 Å². The number of fused-ring (bicyclic) bond motifs is 1. The summed E-state index contributed by atoms with van der Waals surface area (Å²) >= 11 is 3.08. The highest BCUT2D eigenvalue weighted by Crippen LogP contribution is 2.28. The number of para-hydroxylation sites is 1. The van der Waals surface area contributed by atoms with Crippen LogP contribution in [0.15, 0.2) is 29.0 Å². The Labute approximate surface area is 96.4 Å². The normalized spacial score (nSPS) is 11.8. The minimum atomic E-state index is -4.73. The third kappa shape index (κ3) is 2.41. The van der Waals surface area contributed by atoms with Gasteiger partial charge in [-0.05, 0) is 28.1 Å². The molecule has 0 unspecified atom stereocenters. The summed E-state index contributed by atoms with van der Waals surface area (Å²) in [5.41, 5.74) is 0.402. The number of hydrogen-bond acceptors (Lipinski definition) is 3. The van der Waals surface area contributed by atoms with Gasteiger partial charge >= 0.3 is 6.36 Å². The molecule has 2 aromatic rings. The van der Waals surface area contributed by atoms with E-state index in [9.17, 15) is 13.2 Å². The Hall–Kier alpha value is -1.37. The molecule has 0 spiro atoms. The second-order valence-corrected chi connectivity index (χ2v) is 3.68. The van der Waals surface area contributed by atoms with Crippen LogP contribution in [0, 0.1) is 0 Å². The number of rotatable bonds is 1. The zero-order chi connectivity index (χ0) is 11.8. The Kier molecular flexibility index (Phi) is 2.71. The van der Waals surface area contributed by atoms with Gasteiger partial charge in [-0.2, -0.15) is 0 Å². The fourth-order valence-corrected chi connectivity index (χ4v) is 1.49. The Morgan fingerprint density at radius 1 is 1.25 bits per heavy atom. The van der Waals surface area contributed by atoms with Crippen molar-refractivity contribution in [2.24, 2.45) is 0 Å². The summed E-state index contributed by atoms with van der Waals surface area (Å²) in [5.74, 6) is -0.356. The summed E-state index contributed by atoms with van der Waals surface area (Å²) in [4.78, 5) is 7.80. The molecule has 1 aromatic heterocycles. The summed E-state index contributed by atoms with van der Waals surface area (Å²) < 4.78 is 40.5. The Bertz CT molecular complexity index is 530. The number of alkyl halides is 3. The maximum absolute atomic E-state index is 12.1. The molecule has 7 heteroatoms. The average molecular weight is 293 g/mol. The van der Waals surface area contributed by atoms with Gasteiger partial charge in [0.15, 0.2) is 5.75 Å². The Morgan fingerprint density at radius 3 is 2.69 bits per heavy atom. The predicted octanol–water partition coefficient (Wildman–Crippen LogP) is 3.29. The topological polar surface area (TPSA) is 35.0 Å². The van der Waals surface area contributed by atoms with E-state index in [4.69, 9.17) is 0 Å². The van der Waals surface area contributed by atoms with Gasteiger partial charge in [-0.25, -0.2) is 9.97 Å². The van der Waals surface area contributed by atoms with Crippen LogP contribution in [0.2, 0.25) is 0 Å². The first kappa shape index (κ1) is 11.1. The van der Waals surface area contributed by atoms with Crippen molar-refractivity contribution in [3.05, 3.63) is 29.0 Å². The van der Waals surface area contributed by atoms with Crippen molar-refractivity contribution in [3.8, 4) is 5.75 Å². The third-order valence-electron chi connectivity index (χ3n) is 1.73. The van der Waals surface area contributed by atoms with Crippen molar-refractivity contribution < 1.29 is 17.9 Å². The molecule has 2 rings (SSSR count). The van der Waals surface area contributed by atoms with Crippen molar-refractivity contribution in [2.45, 2.75) is 6.36 Å². The molecular formula is C9H4BrF3N2O. The summed E-state index contributed by atoms with van der Waals surface area (Å²) in [7, 11) is 0. The zero-order valence-electron chi connectivity index (χ0n) is 7.62. The molecule has 0 aliphatic heterocycles. The average Bonchev–Trinajstić information content (AvgIpc) is 2.15. The van der Waals surface area contributed by atoms with Crippen LogP contribution in [0.3, 0.4) is 0 Å². The number of aromatic nitrogens is 2. The molecule has 0 aliphatic carbocycles. The minimum Gasteiger partial charge on any atom is -0.403 e. The number of hydrogen-bond donors (Lipinski definition) is 0. The molecule has 0 amide bonds.